The van der Waals surface area contributed by atoms with E-state index in [-0.39, 0.29) is 0 Å². The average molecular weight is 280 g/mol. The van der Waals surface area contributed by atoms with Crippen molar-refractivity contribution >= 4 is 0 Å². The van der Waals surface area contributed by atoms with Crippen LogP contribution in [-0.2, 0) is 4.74 Å². The van der Waals surface area contributed by atoms with Crippen LogP contribution >= 0.6 is 0 Å². The van der Waals surface area contributed by atoms with E-state index in [1.807, 2.05) is 0 Å². The average Bonchev–Trinajstić information content (AvgIpc) is 2.46. The second kappa shape index (κ2) is 5.94. The fraction of sp³-hybridized carbons (Fsp3) is 1.00. The Morgan fingerprint density at radius 1 is 0.900 bits per heavy atom. The van der Waals surface area contributed by atoms with E-state index in [0.717, 1.165) is 42.9 Å². The SMILES string of the molecule is C(C[NH2+]C1C2CC3CC(C2)CC1C3)C[NH+]1CCOCC1. The third kappa shape index (κ3) is 2.77. The molecule has 0 spiro atoms. The summed E-state index contributed by atoms with van der Waals surface area (Å²) in [6, 6.07) is 1.00. The Kier molecular flexibility index (Phi) is 4.02. The van der Waals surface area contributed by atoms with Crippen molar-refractivity contribution in [2.24, 2.45) is 23.7 Å². The summed E-state index contributed by atoms with van der Waals surface area (Å²) < 4.78 is 5.44. The molecule has 0 aromatic heterocycles. The lowest BCUT2D eigenvalue weighted by Crippen LogP contribution is -3.14. The van der Waals surface area contributed by atoms with E-state index in [2.05, 4.69) is 5.32 Å². The van der Waals surface area contributed by atoms with Gasteiger partial charge in [-0.3, -0.25) is 0 Å². The zero-order valence-corrected chi connectivity index (χ0v) is 12.9. The molecule has 1 aliphatic heterocycles. The van der Waals surface area contributed by atoms with E-state index >= 15 is 0 Å². The van der Waals surface area contributed by atoms with E-state index < -0.39 is 0 Å². The predicted molar refractivity (Wildman–Crippen MR) is 78.6 cm³/mol. The number of morpholine rings is 1. The molecule has 3 N–H and O–H groups in total. The standard InChI is InChI=1S/C17H30N2O/c1(3-19-4-6-20-7-5-19)2-18-17-15-9-13-8-14(11-15)12-16(17)10-13/h13-18H,1-12H2/p+2. The number of rotatable bonds is 5. The van der Waals surface area contributed by atoms with E-state index in [0.29, 0.717) is 0 Å². The molecule has 114 valence electrons. The fourth-order valence-corrected chi connectivity index (χ4v) is 5.92. The summed E-state index contributed by atoms with van der Waals surface area (Å²) in [5, 5.41) is 2.76. The van der Waals surface area contributed by atoms with Crippen molar-refractivity contribution in [3.8, 4) is 0 Å². The molecule has 4 aliphatic carbocycles. The molecule has 0 atom stereocenters. The maximum absolute atomic E-state index is 5.44. The van der Waals surface area contributed by atoms with Crippen LogP contribution in [0.15, 0.2) is 0 Å². The van der Waals surface area contributed by atoms with E-state index in [4.69, 9.17) is 4.74 Å². The van der Waals surface area contributed by atoms with Gasteiger partial charge in [-0.25, -0.2) is 0 Å². The molecule has 5 aliphatic rings. The minimum absolute atomic E-state index is 0.981. The summed E-state index contributed by atoms with van der Waals surface area (Å²) in [4.78, 5) is 1.77. The Labute approximate surface area is 123 Å². The minimum atomic E-state index is 0.981. The molecule has 20 heavy (non-hydrogen) atoms. The first kappa shape index (κ1) is 13.5. The van der Waals surface area contributed by atoms with Gasteiger partial charge in [-0.15, -0.1) is 0 Å². The van der Waals surface area contributed by atoms with Gasteiger partial charge in [-0.05, 0) is 43.9 Å². The number of nitrogens with one attached hydrogen (secondary N) is 1. The lowest BCUT2D eigenvalue weighted by atomic mass is 9.54. The van der Waals surface area contributed by atoms with Crippen molar-refractivity contribution in [1.29, 1.82) is 0 Å². The smallest absolute Gasteiger partial charge is 0.101 e. The summed E-state index contributed by atoms with van der Waals surface area (Å²) in [7, 11) is 0. The molecule has 1 saturated heterocycles. The van der Waals surface area contributed by atoms with Crippen LogP contribution in [0, 0.1) is 23.7 Å². The molecular weight excluding hydrogens is 248 g/mol. The third-order valence-corrected chi connectivity index (χ3v) is 6.67. The lowest BCUT2D eigenvalue weighted by molar-refractivity contribution is -0.909. The first-order chi connectivity index (χ1) is 9.88. The molecule has 0 unspecified atom stereocenters. The van der Waals surface area contributed by atoms with Gasteiger partial charge in [0.2, 0.25) is 0 Å². The van der Waals surface area contributed by atoms with Crippen LogP contribution in [0.25, 0.3) is 0 Å². The fourth-order valence-electron chi connectivity index (χ4n) is 5.92. The summed E-state index contributed by atoms with van der Waals surface area (Å²) in [5.41, 5.74) is 0. The Balaban J connectivity index is 1.20. The highest BCUT2D eigenvalue weighted by atomic mass is 16.5. The van der Waals surface area contributed by atoms with Crippen molar-refractivity contribution in [2.45, 2.75) is 44.6 Å². The first-order valence-corrected chi connectivity index (χ1v) is 9.13. The molecule has 5 fully saturated rings. The third-order valence-electron chi connectivity index (χ3n) is 6.67. The first-order valence-electron chi connectivity index (χ1n) is 9.13. The van der Waals surface area contributed by atoms with E-state index in [1.165, 1.54) is 32.6 Å². The zero-order valence-electron chi connectivity index (χ0n) is 12.9. The topological polar surface area (TPSA) is 30.3 Å². The van der Waals surface area contributed by atoms with Gasteiger partial charge in [-0.2, -0.15) is 0 Å². The number of ether oxygens (including phenoxy) is 1. The lowest BCUT2D eigenvalue weighted by Gasteiger charge is -2.52. The van der Waals surface area contributed by atoms with Crippen molar-refractivity contribution in [3.63, 3.8) is 0 Å². The number of hydrogen-bond donors (Lipinski definition) is 2. The van der Waals surface area contributed by atoms with Crippen molar-refractivity contribution in [2.75, 3.05) is 39.4 Å². The Hall–Kier alpha value is -0.120. The summed E-state index contributed by atoms with van der Waals surface area (Å²) in [5.74, 6) is 4.42. The Bertz CT molecular complexity index is 299. The van der Waals surface area contributed by atoms with Gasteiger partial charge in [0.15, 0.2) is 0 Å². The molecule has 3 nitrogen and oxygen atoms in total. The van der Waals surface area contributed by atoms with Gasteiger partial charge >= 0.3 is 0 Å². The minimum Gasteiger partial charge on any atom is -0.370 e. The Morgan fingerprint density at radius 2 is 1.55 bits per heavy atom. The summed E-state index contributed by atoms with van der Waals surface area (Å²) in [6.45, 7) is 7.17. The molecule has 0 amide bonds. The highest BCUT2D eigenvalue weighted by Gasteiger charge is 2.49. The number of nitrogens with two attached hydrogens (primary N) is 1. The molecule has 0 radical (unpaired) electrons. The van der Waals surface area contributed by atoms with Crippen LogP contribution in [0.1, 0.15) is 38.5 Å². The monoisotopic (exact) mass is 280 g/mol. The maximum atomic E-state index is 5.44. The molecule has 0 aromatic carbocycles. The molecule has 3 heteroatoms. The normalized spacial score (nSPS) is 44.1. The van der Waals surface area contributed by atoms with Crippen LogP contribution in [0.4, 0.5) is 0 Å². The van der Waals surface area contributed by atoms with Crippen LogP contribution in [0.2, 0.25) is 0 Å². The van der Waals surface area contributed by atoms with Crippen LogP contribution < -0.4 is 10.2 Å². The van der Waals surface area contributed by atoms with Gasteiger partial charge in [0.1, 0.15) is 13.1 Å². The van der Waals surface area contributed by atoms with Crippen LogP contribution in [-0.4, -0.2) is 45.4 Å². The molecular formula is C17H32N2O+2. The van der Waals surface area contributed by atoms with Gasteiger partial charge in [-0.1, -0.05) is 0 Å². The van der Waals surface area contributed by atoms with Crippen molar-refractivity contribution < 1.29 is 15.0 Å². The summed E-state index contributed by atoms with van der Waals surface area (Å²) in [6.07, 6.45) is 9.27. The number of quaternary nitrogens is 2. The van der Waals surface area contributed by atoms with E-state index in [1.54, 1.807) is 37.0 Å². The molecule has 5 rings (SSSR count). The quantitative estimate of drug-likeness (QED) is 0.664. The second-order valence-electron chi connectivity index (χ2n) is 8.00. The second-order valence-corrected chi connectivity index (χ2v) is 8.00. The van der Waals surface area contributed by atoms with Crippen LogP contribution in [0.3, 0.4) is 0 Å². The molecule has 4 saturated carbocycles. The van der Waals surface area contributed by atoms with Gasteiger partial charge in [0, 0.05) is 18.3 Å². The maximum Gasteiger partial charge on any atom is 0.101 e. The van der Waals surface area contributed by atoms with Gasteiger partial charge < -0.3 is 15.0 Å². The Morgan fingerprint density at radius 3 is 2.20 bits per heavy atom. The van der Waals surface area contributed by atoms with Crippen LogP contribution in [0.5, 0.6) is 0 Å². The van der Waals surface area contributed by atoms with Crippen molar-refractivity contribution in [3.05, 3.63) is 0 Å². The summed E-state index contributed by atoms with van der Waals surface area (Å²) >= 11 is 0. The largest absolute Gasteiger partial charge is 0.370 e. The highest BCUT2D eigenvalue weighted by molar-refractivity contribution is 4.97. The van der Waals surface area contributed by atoms with Crippen molar-refractivity contribution in [1.82, 2.24) is 0 Å². The molecule has 1 heterocycles. The van der Waals surface area contributed by atoms with E-state index in [9.17, 15) is 0 Å². The van der Waals surface area contributed by atoms with Gasteiger partial charge in [0.25, 0.3) is 0 Å². The highest BCUT2D eigenvalue weighted by Crippen LogP contribution is 2.52. The zero-order chi connectivity index (χ0) is 13.4. The molecule has 4 bridgehead atoms. The predicted octanol–water partition coefficient (Wildman–Crippen LogP) is -0.320. The van der Waals surface area contributed by atoms with Gasteiger partial charge in [0.05, 0.1) is 32.3 Å². The molecule has 0 aromatic rings. The number of hydrogen-bond acceptors (Lipinski definition) is 1.